The fraction of sp³-hybridized carbons (Fsp3) is 0.379. The van der Waals surface area contributed by atoms with Gasteiger partial charge in [-0.25, -0.2) is 9.37 Å². The Morgan fingerprint density at radius 3 is 2.58 bits per heavy atom. The molecule has 5 atom stereocenters. The van der Waals surface area contributed by atoms with Crippen molar-refractivity contribution in [1.82, 2.24) is 9.88 Å². The number of hydrogen-bond acceptors (Lipinski definition) is 4. The lowest BCUT2D eigenvalue weighted by atomic mass is 9.88. The van der Waals surface area contributed by atoms with Gasteiger partial charge in [-0.15, -0.1) is 0 Å². The van der Waals surface area contributed by atoms with E-state index in [0.29, 0.717) is 29.8 Å². The van der Waals surface area contributed by atoms with Crippen LogP contribution >= 0.6 is 0 Å². The van der Waals surface area contributed by atoms with E-state index in [-0.39, 0.29) is 41.5 Å². The zero-order valence-corrected chi connectivity index (χ0v) is 20.8. The molecule has 1 aromatic heterocycles. The van der Waals surface area contributed by atoms with Crippen LogP contribution in [0.2, 0.25) is 0 Å². The van der Waals surface area contributed by atoms with Crippen molar-refractivity contribution in [3.8, 4) is 5.88 Å². The number of halogens is 4. The molecule has 9 heteroatoms. The second-order valence-corrected chi connectivity index (χ2v) is 10.7. The van der Waals surface area contributed by atoms with Crippen LogP contribution in [0.3, 0.4) is 0 Å². The Hall–Kier alpha value is -3.46. The average Bonchev–Trinajstić information content (AvgIpc) is 3.27. The summed E-state index contributed by atoms with van der Waals surface area (Å²) in [4.78, 5) is 17.5. The number of carboxylic acids is 1. The molecule has 0 amide bonds. The second-order valence-electron chi connectivity index (χ2n) is 10.7. The molecule has 3 aromatic rings. The highest BCUT2D eigenvalue weighted by Crippen LogP contribution is 2.61. The largest absolute Gasteiger partial charge is 0.481 e. The molecular weight excluding hydrogens is 500 g/mol. The maximum absolute atomic E-state index is 15.2. The lowest BCUT2D eigenvalue weighted by Gasteiger charge is -2.21. The van der Waals surface area contributed by atoms with E-state index in [9.17, 15) is 23.1 Å². The van der Waals surface area contributed by atoms with Gasteiger partial charge in [0.1, 0.15) is 12.4 Å². The van der Waals surface area contributed by atoms with Gasteiger partial charge in [-0.2, -0.15) is 13.2 Å². The van der Waals surface area contributed by atoms with E-state index in [1.165, 1.54) is 18.2 Å². The van der Waals surface area contributed by atoms with Gasteiger partial charge >= 0.3 is 12.1 Å². The van der Waals surface area contributed by atoms with Crippen molar-refractivity contribution in [1.29, 1.82) is 0 Å². The number of hydrogen-bond donors (Lipinski definition) is 1. The Labute approximate surface area is 217 Å². The van der Waals surface area contributed by atoms with E-state index < -0.39 is 29.4 Å². The maximum Gasteiger partial charge on any atom is 0.416 e. The second kappa shape index (κ2) is 8.80. The number of benzene rings is 2. The van der Waals surface area contributed by atoms with Gasteiger partial charge < -0.3 is 14.7 Å². The fourth-order valence-electron chi connectivity index (χ4n) is 6.51. The molecule has 3 aliphatic carbocycles. The summed E-state index contributed by atoms with van der Waals surface area (Å²) in [5, 5.41) is 9.30. The zero-order chi connectivity index (χ0) is 26.9. The number of rotatable bonds is 6. The average molecular weight is 527 g/mol. The number of pyridine rings is 1. The SMILES string of the molecule is CN(C)[C@@H]1C[C@@H](c2ccccc2C(F)(F)F)c2cc(COc3cc4c(cn3)[C@H]3[C@@H](C4)[C@@H]3C(=O)O)c(F)cc21. The molecule has 38 heavy (non-hydrogen) atoms. The van der Waals surface area contributed by atoms with Crippen LogP contribution in [0.1, 0.15) is 63.2 Å². The minimum atomic E-state index is -4.50. The smallest absolute Gasteiger partial charge is 0.416 e. The third-order valence-electron chi connectivity index (χ3n) is 8.35. The molecule has 2 aromatic carbocycles. The highest BCUT2D eigenvalue weighted by atomic mass is 19.4. The summed E-state index contributed by atoms with van der Waals surface area (Å²) >= 11 is 0. The normalized spacial score (nSPS) is 25.2. The topological polar surface area (TPSA) is 62.7 Å². The van der Waals surface area contributed by atoms with Crippen molar-refractivity contribution in [3.63, 3.8) is 0 Å². The van der Waals surface area contributed by atoms with Crippen molar-refractivity contribution in [3.05, 3.63) is 93.4 Å². The van der Waals surface area contributed by atoms with Gasteiger partial charge in [-0.1, -0.05) is 18.2 Å². The van der Waals surface area contributed by atoms with E-state index >= 15 is 4.39 Å². The van der Waals surface area contributed by atoms with E-state index in [1.54, 1.807) is 24.4 Å². The molecule has 0 bridgehead atoms. The zero-order valence-electron chi connectivity index (χ0n) is 20.8. The molecule has 1 saturated carbocycles. The summed E-state index contributed by atoms with van der Waals surface area (Å²) in [6.07, 6.45) is -1.80. The molecule has 198 valence electrons. The third-order valence-corrected chi connectivity index (χ3v) is 8.35. The number of carboxylic acid groups (broad SMARTS) is 1. The summed E-state index contributed by atoms with van der Waals surface area (Å²) in [5.41, 5.74) is 3.02. The molecule has 0 unspecified atom stereocenters. The van der Waals surface area contributed by atoms with Crippen LogP contribution in [-0.2, 0) is 24.0 Å². The van der Waals surface area contributed by atoms with Crippen LogP contribution in [0.15, 0.2) is 48.7 Å². The van der Waals surface area contributed by atoms with Gasteiger partial charge in [0.2, 0.25) is 5.88 Å². The highest BCUT2D eigenvalue weighted by Gasteiger charge is 2.60. The van der Waals surface area contributed by atoms with Crippen LogP contribution in [0.25, 0.3) is 0 Å². The molecule has 0 aliphatic heterocycles. The molecule has 1 N–H and O–H groups in total. The molecule has 5 nitrogen and oxygen atoms in total. The fourth-order valence-corrected chi connectivity index (χ4v) is 6.51. The molecule has 1 heterocycles. The Bertz CT molecular complexity index is 1440. The Morgan fingerprint density at radius 2 is 1.87 bits per heavy atom. The first-order chi connectivity index (χ1) is 18.0. The van der Waals surface area contributed by atoms with Crippen LogP contribution in [0, 0.1) is 17.7 Å². The first-order valence-electron chi connectivity index (χ1n) is 12.5. The van der Waals surface area contributed by atoms with Gasteiger partial charge in [0, 0.05) is 35.7 Å². The third kappa shape index (κ3) is 4.04. The first-order valence-corrected chi connectivity index (χ1v) is 12.5. The first kappa shape index (κ1) is 24.9. The Balaban J connectivity index is 1.28. The molecule has 0 saturated heterocycles. The minimum Gasteiger partial charge on any atom is -0.481 e. The lowest BCUT2D eigenvalue weighted by Crippen LogP contribution is -2.18. The van der Waals surface area contributed by atoms with Crippen LogP contribution in [0.4, 0.5) is 17.6 Å². The molecule has 0 radical (unpaired) electrons. The molecular formula is C29H26F4N2O3. The Morgan fingerprint density at radius 1 is 1.11 bits per heavy atom. The maximum atomic E-state index is 15.2. The van der Waals surface area contributed by atoms with Gasteiger partial charge in [0.15, 0.2) is 0 Å². The number of alkyl halides is 3. The minimum absolute atomic E-state index is 0.000595. The summed E-state index contributed by atoms with van der Waals surface area (Å²) in [5.74, 6) is -1.76. The van der Waals surface area contributed by atoms with Gasteiger partial charge in [0.05, 0.1) is 11.5 Å². The quantitative estimate of drug-likeness (QED) is 0.404. The molecule has 3 aliphatic rings. The summed E-state index contributed by atoms with van der Waals surface area (Å²) in [6, 6.07) is 10.2. The number of nitrogens with zero attached hydrogens (tertiary/aromatic N) is 2. The number of aliphatic carboxylic acids is 1. The van der Waals surface area contributed by atoms with E-state index in [1.807, 2.05) is 19.0 Å². The van der Waals surface area contributed by atoms with Crippen molar-refractivity contribution < 1.29 is 32.2 Å². The molecule has 6 rings (SSSR count). The molecule has 0 spiro atoms. The molecule has 1 fully saturated rings. The van der Waals surface area contributed by atoms with Crippen molar-refractivity contribution in [2.45, 2.75) is 43.5 Å². The number of fused-ring (bicyclic) bond motifs is 4. The summed E-state index contributed by atoms with van der Waals surface area (Å²) in [7, 11) is 3.67. The van der Waals surface area contributed by atoms with Gasteiger partial charge in [-0.05, 0) is 78.9 Å². The monoisotopic (exact) mass is 526 g/mol. The van der Waals surface area contributed by atoms with Gasteiger partial charge in [-0.3, -0.25) is 4.79 Å². The number of ether oxygens (including phenoxy) is 1. The van der Waals surface area contributed by atoms with Crippen molar-refractivity contribution in [2.75, 3.05) is 14.1 Å². The number of carbonyl (C=O) groups is 1. The standard InChI is InChI=1S/C29H26F4N2O3/c1-35(2)24-11-18(16-5-3-4-6-22(16)29(31,32)33)17-8-15(23(30)10-19(17)24)13-38-25-9-14-7-20-26(21(14)12-34-25)27(20)28(36)37/h3-6,8-10,12,18,20,24,26-27H,7,11,13H2,1-2H3,(H,36,37)/t18-,20+,24+,26+,27-/m0/s1. The van der Waals surface area contributed by atoms with Crippen LogP contribution in [0.5, 0.6) is 5.88 Å². The van der Waals surface area contributed by atoms with Gasteiger partial charge in [0.25, 0.3) is 0 Å². The Kier molecular flexibility index (Phi) is 5.75. The van der Waals surface area contributed by atoms with Crippen molar-refractivity contribution in [2.24, 2.45) is 11.8 Å². The van der Waals surface area contributed by atoms with E-state index in [2.05, 4.69) is 4.98 Å². The summed E-state index contributed by atoms with van der Waals surface area (Å²) < 4.78 is 62.6. The van der Waals surface area contributed by atoms with Crippen LogP contribution < -0.4 is 4.74 Å². The van der Waals surface area contributed by atoms with E-state index in [4.69, 9.17) is 4.74 Å². The lowest BCUT2D eigenvalue weighted by molar-refractivity contribution is -0.139. The predicted molar refractivity (Wildman–Crippen MR) is 130 cm³/mol. The van der Waals surface area contributed by atoms with Crippen LogP contribution in [-0.4, -0.2) is 35.1 Å². The number of aromatic nitrogens is 1. The van der Waals surface area contributed by atoms with E-state index in [0.717, 1.165) is 17.2 Å². The predicted octanol–water partition coefficient (Wildman–Crippen LogP) is 5.93. The summed E-state index contributed by atoms with van der Waals surface area (Å²) in [6.45, 7) is -0.129. The van der Waals surface area contributed by atoms with Crippen molar-refractivity contribution >= 4 is 5.97 Å². The highest BCUT2D eigenvalue weighted by molar-refractivity contribution is 5.77.